The van der Waals surface area contributed by atoms with Crippen molar-refractivity contribution in [1.82, 2.24) is 5.32 Å². The lowest BCUT2D eigenvalue weighted by Gasteiger charge is -2.05. The number of carbonyl (C=O) groups is 2. The third kappa shape index (κ3) is 3.17. The van der Waals surface area contributed by atoms with Crippen molar-refractivity contribution in [3.8, 4) is 0 Å². The van der Waals surface area contributed by atoms with Crippen molar-refractivity contribution >= 4 is 23.8 Å². The molecule has 1 rings (SSSR count). The van der Waals surface area contributed by atoms with Crippen LogP contribution in [0.2, 0.25) is 0 Å². The van der Waals surface area contributed by atoms with Gasteiger partial charge in [0.1, 0.15) is 12.6 Å². The van der Waals surface area contributed by atoms with Crippen molar-refractivity contribution in [2.75, 3.05) is 18.1 Å². The largest absolute Gasteiger partial charge is 0.529 e. The molecule has 2 amide bonds. The number of hydrogen-bond donors (Lipinski definition) is 3. The Labute approximate surface area is 90.0 Å². The quantitative estimate of drug-likeness (QED) is 0.526. The molecule has 0 aromatic rings. The molecule has 0 bridgehead atoms. The fraction of sp³-hybridized carbons (Fsp3) is 0.714. The average molecular weight is 234 g/mol. The lowest BCUT2D eigenvalue weighted by molar-refractivity contribution is -0.467. The van der Waals surface area contributed by atoms with E-state index in [2.05, 4.69) is 5.32 Å². The Balaban J connectivity index is 2.24. The Kier molecular flexibility index (Phi) is 4.04. The molecule has 0 aliphatic carbocycles. The first-order valence-corrected chi connectivity index (χ1v) is 5.48. The van der Waals surface area contributed by atoms with Crippen LogP contribution >= 0.6 is 11.8 Å². The summed E-state index contributed by atoms with van der Waals surface area (Å²) in [6, 6.07) is -1.99. The number of nitrogens with two attached hydrogens (primary N) is 1. The van der Waals surface area contributed by atoms with Gasteiger partial charge in [0.05, 0.1) is 0 Å². The molecule has 2 atom stereocenters. The van der Waals surface area contributed by atoms with Crippen molar-refractivity contribution < 1.29 is 19.5 Å². The molecular weight excluding hydrogens is 222 g/mol. The summed E-state index contributed by atoms with van der Waals surface area (Å²) in [6.07, 6.45) is 0. The summed E-state index contributed by atoms with van der Waals surface area (Å²) in [4.78, 5) is 32.2. The Hall–Kier alpha value is -1.15. The minimum atomic E-state index is -1.07. The summed E-state index contributed by atoms with van der Waals surface area (Å²) in [5.74, 6) is -0.445. The molecule has 0 aromatic carbocycles. The van der Waals surface area contributed by atoms with Crippen molar-refractivity contribution in [2.45, 2.75) is 12.1 Å². The number of urea groups is 1. The monoisotopic (exact) mass is 234 g/mol. The van der Waals surface area contributed by atoms with Crippen molar-refractivity contribution in [3.05, 3.63) is 4.91 Å². The van der Waals surface area contributed by atoms with Crippen LogP contribution in [0, 0.1) is 4.91 Å². The lowest BCUT2D eigenvalue weighted by atomic mass is 10.4. The average Bonchev–Trinajstić information content (AvgIpc) is 2.49. The highest BCUT2D eigenvalue weighted by atomic mass is 32.2. The zero-order chi connectivity index (χ0) is 11.4. The predicted octanol–water partition coefficient (Wildman–Crippen LogP) is -0.998. The molecule has 4 N–H and O–H groups in total. The fourth-order valence-electron chi connectivity index (χ4n) is 1.06. The van der Waals surface area contributed by atoms with Crippen LogP contribution in [0.1, 0.15) is 0 Å². The summed E-state index contributed by atoms with van der Waals surface area (Å²) in [5, 5.41) is 10.9. The van der Waals surface area contributed by atoms with E-state index in [0.717, 1.165) is 0 Å². The van der Waals surface area contributed by atoms with Crippen LogP contribution in [-0.2, 0) is 4.79 Å². The van der Waals surface area contributed by atoms with Gasteiger partial charge in [-0.15, -0.1) is 0 Å². The van der Waals surface area contributed by atoms with Gasteiger partial charge in [-0.1, -0.05) is 4.91 Å². The number of carboxylic acids is 1. The molecule has 15 heavy (non-hydrogen) atoms. The number of carboxylic acid groups (broad SMARTS) is 1. The predicted molar refractivity (Wildman–Crippen MR) is 53.8 cm³/mol. The molecule has 7 nitrogen and oxygen atoms in total. The molecule has 1 aliphatic heterocycles. The first-order valence-electron chi connectivity index (χ1n) is 4.32. The second-order valence-electron chi connectivity index (χ2n) is 3.15. The first-order chi connectivity index (χ1) is 7.02. The standard InChI is InChI=1S/C7H11N3O4S/c8-5(6(11)12)3-15-2-4-1-9-7(13)10(4)14/h4-5H,1-3,8H2,(H-,9,11,12,13)/p+1. The van der Waals surface area contributed by atoms with Gasteiger partial charge in [-0.3, -0.25) is 4.79 Å². The van der Waals surface area contributed by atoms with E-state index < -0.39 is 24.1 Å². The highest BCUT2D eigenvalue weighted by molar-refractivity contribution is 7.99. The molecule has 1 saturated heterocycles. The van der Waals surface area contributed by atoms with Gasteiger partial charge in [-0.2, -0.15) is 16.6 Å². The van der Waals surface area contributed by atoms with Gasteiger partial charge < -0.3 is 10.8 Å². The van der Waals surface area contributed by atoms with Gasteiger partial charge in [0.2, 0.25) is 0 Å². The SMILES string of the molecule is NC(CSCC1CNC(=O)[N+]1=O)C(=O)O. The smallest absolute Gasteiger partial charge is 0.480 e. The van der Waals surface area contributed by atoms with Crippen LogP contribution in [0.4, 0.5) is 4.79 Å². The molecule has 2 unspecified atom stereocenters. The van der Waals surface area contributed by atoms with Gasteiger partial charge in [0, 0.05) is 16.3 Å². The molecule has 0 saturated carbocycles. The summed E-state index contributed by atoms with van der Waals surface area (Å²) in [7, 11) is 0. The second kappa shape index (κ2) is 5.08. The van der Waals surface area contributed by atoms with E-state index in [9.17, 15) is 14.5 Å². The Bertz CT molecular complexity index is 296. The number of rotatable bonds is 5. The molecular formula is C7H12N3O4S+. The van der Waals surface area contributed by atoms with Crippen LogP contribution in [0.3, 0.4) is 0 Å². The molecule has 0 aromatic heterocycles. The van der Waals surface area contributed by atoms with Gasteiger partial charge in [-0.25, -0.2) is 5.32 Å². The van der Waals surface area contributed by atoms with Crippen molar-refractivity contribution in [3.63, 3.8) is 0 Å². The number of nitrogens with one attached hydrogen (secondary N) is 1. The van der Waals surface area contributed by atoms with E-state index in [-0.39, 0.29) is 5.75 Å². The maximum Gasteiger partial charge on any atom is 0.529 e. The molecule has 1 heterocycles. The van der Waals surface area contributed by atoms with Gasteiger partial charge in [0.25, 0.3) is 0 Å². The number of aliphatic carboxylic acids is 1. The van der Waals surface area contributed by atoms with Gasteiger partial charge in [0.15, 0.2) is 6.04 Å². The fourth-order valence-corrected chi connectivity index (χ4v) is 2.12. The van der Waals surface area contributed by atoms with E-state index in [1.165, 1.54) is 11.8 Å². The number of thioether (sulfide) groups is 1. The van der Waals surface area contributed by atoms with Gasteiger partial charge >= 0.3 is 12.0 Å². The molecule has 8 heteroatoms. The number of amides is 2. The third-order valence-electron chi connectivity index (χ3n) is 1.95. The van der Waals surface area contributed by atoms with Crippen LogP contribution in [0.25, 0.3) is 0 Å². The van der Waals surface area contributed by atoms with E-state index in [4.69, 9.17) is 10.8 Å². The highest BCUT2D eigenvalue weighted by Crippen LogP contribution is 2.09. The zero-order valence-electron chi connectivity index (χ0n) is 7.88. The molecule has 84 valence electrons. The van der Waals surface area contributed by atoms with Crippen LogP contribution in [-0.4, -0.2) is 52.0 Å². The summed E-state index contributed by atoms with van der Waals surface area (Å²) in [6.45, 7) is 0.303. The summed E-state index contributed by atoms with van der Waals surface area (Å²) >= 11 is 1.25. The maximum atomic E-state index is 11.1. The molecule has 1 aliphatic rings. The Morgan fingerprint density at radius 3 is 2.93 bits per heavy atom. The van der Waals surface area contributed by atoms with Crippen LogP contribution < -0.4 is 11.1 Å². The normalized spacial score (nSPS) is 22.6. The second-order valence-corrected chi connectivity index (χ2v) is 4.22. The van der Waals surface area contributed by atoms with E-state index >= 15 is 0 Å². The molecule has 0 radical (unpaired) electrons. The van der Waals surface area contributed by atoms with Crippen LogP contribution in [0.15, 0.2) is 0 Å². The topological polar surface area (TPSA) is 112 Å². The van der Waals surface area contributed by atoms with Crippen molar-refractivity contribution in [1.29, 1.82) is 0 Å². The number of hydrogen-bond acceptors (Lipinski definition) is 5. The minimum absolute atomic E-state index is 0.230. The number of carbonyl (C=O) groups excluding carboxylic acids is 1. The lowest BCUT2D eigenvalue weighted by Crippen LogP contribution is -2.33. The Morgan fingerprint density at radius 2 is 2.47 bits per heavy atom. The number of nitroso groups, excluding NO2 is 1. The Morgan fingerprint density at radius 1 is 1.80 bits per heavy atom. The number of nitrogens with zero attached hydrogens (tertiary/aromatic N) is 1. The van der Waals surface area contributed by atoms with E-state index in [1.54, 1.807) is 0 Å². The minimum Gasteiger partial charge on any atom is -0.480 e. The zero-order valence-corrected chi connectivity index (χ0v) is 8.70. The van der Waals surface area contributed by atoms with Crippen LogP contribution in [0.5, 0.6) is 0 Å². The summed E-state index contributed by atoms with van der Waals surface area (Å²) in [5.41, 5.74) is 5.27. The highest BCUT2D eigenvalue weighted by Gasteiger charge is 2.38. The third-order valence-corrected chi connectivity index (χ3v) is 3.16. The summed E-state index contributed by atoms with van der Waals surface area (Å²) < 4.78 is 0.374. The van der Waals surface area contributed by atoms with Gasteiger partial charge in [-0.05, 0) is 0 Å². The first kappa shape index (κ1) is 11.9. The molecule has 1 fully saturated rings. The van der Waals surface area contributed by atoms with E-state index in [0.29, 0.717) is 17.1 Å². The van der Waals surface area contributed by atoms with E-state index in [1.807, 2.05) is 0 Å². The maximum absolute atomic E-state index is 11.1. The van der Waals surface area contributed by atoms with Crippen molar-refractivity contribution in [2.24, 2.45) is 5.73 Å². The molecule has 0 spiro atoms.